The number of fused-ring (bicyclic) bond motifs is 1. The van der Waals surface area contributed by atoms with Crippen molar-refractivity contribution in [3.05, 3.63) is 45.7 Å². The van der Waals surface area contributed by atoms with Gasteiger partial charge in [-0.2, -0.15) is 4.98 Å². The Bertz CT molecular complexity index is 1040. The minimum absolute atomic E-state index is 0.0920. The molecule has 4 rings (SSSR count). The van der Waals surface area contributed by atoms with Crippen LogP contribution in [0.3, 0.4) is 0 Å². The van der Waals surface area contributed by atoms with Gasteiger partial charge >= 0.3 is 0 Å². The summed E-state index contributed by atoms with van der Waals surface area (Å²) < 4.78 is 0. The Balaban J connectivity index is 1.68. The smallest absolute Gasteiger partial charge is 0.258 e. The van der Waals surface area contributed by atoms with E-state index < -0.39 is 11.8 Å². The number of amides is 2. The van der Waals surface area contributed by atoms with Gasteiger partial charge in [-0.15, -0.1) is 0 Å². The summed E-state index contributed by atoms with van der Waals surface area (Å²) >= 11 is 0. The van der Waals surface area contributed by atoms with Gasteiger partial charge in [0.05, 0.1) is 11.5 Å². The highest BCUT2D eigenvalue weighted by Crippen LogP contribution is 2.32. The highest BCUT2D eigenvalue weighted by atomic mass is 16.2. The Morgan fingerprint density at radius 1 is 1.20 bits per heavy atom. The standard InChI is InChI=1S/C22H27N5O3/c1-12-6-4-9-15(10-12)23-20(29)16-11-17(28)24-19-18(16)21(30)26-22(25-19)27-13(2)7-5-8-14(27)3/h4,6,9-10,13-14,16H,5,7-8,11H2,1-3H3,(H,23,29)(H2,24,25,26,28,30). The summed E-state index contributed by atoms with van der Waals surface area (Å²) in [5, 5.41) is 5.51. The number of piperidine rings is 1. The molecular weight excluding hydrogens is 382 g/mol. The minimum atomic E-state index is -0.893. The summed E-state index contributed by atoms with van der Waals surface area (Å²) in [7, 11) is 0. The molecule has 0 bridgehead atoms. The van der Waals surface area contributed by atoms with Crippen LogP contribution in [-0.2, 0) is 9.59 Å². The molecule has 3 unspecified atom stereocenters. The number of nitrogens with zero attached hydrogens (tertiary/aromatic N) is 2. The van der Waals surface area contributed by atoms with E-state index in [0.29, 0.717) is 11.6 Å². The predicted molar refractivity (Wildman–Crippen MR) is 116 cm³/mol. The second kappa shape index (κ2) is 7.93. The second-order valence-corrected chi connectivity index (χ2v) is 8.35. The molecule has 3 N–H and O–H groups in total. The highest BCUT2D eigenvalue weighted by molar-refractivity contribution is 6.04. The highest BCUT2D eigenvalue weighted by Gasteiger charge is 2.36. The van der Waals surface area contributed by atoms with Crippen LogP contribution in [0.5, 0.6) is 0 Å². The molecule has 3 heterocycles. The number of hydrogen-bond donors (Lipinski definition) is 3. The van der Waals surface area contributed by atoms with Gasteiger partial charge in [-0.1, -0.05) is 12.1 Å². The molecule has 0 aliphatic carbocycles. The molecule has 1 fully saturated rings. The molecule has 0 radical (unpaired) electrons. The van der Waals surface area contributed by atoms with Crippen LogP contribution in [0.25, 0.3) is 0 Å². The largest absolute Gasteiger partial charge is 0.337 e. The molecule has 1 aromatic carbocycles. The molecule has 2 aromatic rings. The number of benzene rings is 1. The van der Waals surface area contributed by atoms with Crippen molar-refractivity contribution in [1.29, 1.82) is 0 Å². The predicted octanol–water partition coefficient (Wildman–Crippen LogP) is 2.91. The Morgan fingerprint density at radius 2 is 1.93 bits per heavy atom. The molecule has 0 saturated carbocycles. The van der Waals surface area contributed by atoms with E-state index in [1.54, 1.807) is 6.07 Å². The van der Waals surface area contributed by atoms with Crippen LogP contribution in [0.15, 0.2) is 29.1 Å². The van der Waals surface area contributed by atoms with E-state index in [2.05, 4.69) is 39.3 Å². The van der Waals surface area contributed by atoms with Gasteiger partial charge in [-0.25, -0.2) is 0 Å². The first-order valence-corrected chi connectivity index (χ1v) is 10.4. The number of H-pyrrole nitrogens is 1. The van der Waals surface area contributed by atoms with Crippen LogP contribution in [0.2, 0.25) is 0 Å². The Hall–Kier alpha value is -3.16. The molecule has 2 amide bonds. The third kappa shape index (κ3) is 3.81. The lowest BCUT2D eigenvalue weighted by Gasteiger charge is -2.39. The van der Waals surface area contributed by atoms with Crippen molar-refractivity contribution in [3.8, 4) is 0 Å². The van der Waals surface area contributed by atoms with Crippen LogP contribution >= 0.6 is 0 Å². The molecule has 8 nitrogen and oxygen atoms in total. The number of carbonyl (C=O) groups is 2. The number of anilines is 3. The van der Waals surface area contributed by atoms with Crippen LogP contribution in [-0.4, -0.2) is 33.9 Å². The van der Waals surface area contributed by atoms with E-state index in [0.717, 1.165) is 24.8 Å². The van der Waals surface area contributed by atoms with E-state index in [1.165, 1.54) is 0 Å². The van der Waals surface area contributed by atoms with Crippen molar-refractivity contribution in [2.45, 2.75) is 64.5 Å². The van der Waals surface area contributed by atoms with E-state index in [9.17, 15) is 14.4 Å². The number of rotatable bonds is 3. The zero-order valence-electron chi connectivity index (χ0n) is 17.5. The first kappa shape index (κ1) is 20.1. The Kier molecular flexibility index (Phi) is 5.32. The summed E-state index contributed by atoms with van der Waals surface area (Å²) in [5.74, 6) is -0.985. The number of aromatic amines is 1. The van der Waals surface area contributed by atoms with Gasteiger partial charge in [0.2, 0.25) is 17.8 Å². The van der Waals surface area contributed by atoms with Crippen LogP contribution in [0.4, 0.5) is 17.5 Å². The lowest BCUT2D eigenvalue weighted by molar-refractivity contribution is -0.123. The number of carbonyl (C=O) groups excluding carboxylic acids is 2. The third-order valence-corrected chi connectivity index (χ3v) is 5.98. The fourth-order valence-corrected chi connectivity index (χ4v) is 4.50. The van der Waals surface area contributed by atoms with E-state index in [4.69, 9.17) is 0 Å². The molecule has 2 aliphatic heterocycles. The maximum Gasteiger partial charge on any atom is 0.258 e. The van der Waals surface area contributed by atoms with Crippen LogP contribution in [0.1, 0.15) is 56.6 Å². The van der Waals surface area contributed by atoms with Crippen LogP contribution in [0, 0.1) is 6.92 Å². The SMILES string of the molecule is Cc1cccc(NC(=O)C2CC(=O)Nc3nc(N4C(C)CCCC4C)[nH]c(=O)c32)c1. The second-order valence-electron chi connectivity index (χ2n) is 8.35. The van der Waals surface area contributed by atoms with Crippen LogP contribution < -0.4 is 21.1 Å². The fourth-order valence-electron chi connectivity index (χ4n) is 4.50. The van der Waals surface area contributed by atoms with Crippen molar-refractivity contribution in [3.63, 3.8) is 0 Å². The summed E-state index contributed by atoms with van der Waals surface area (Å²) in [5.41, 5.74) is 1.46. The molecule has 30 heavy (non-hydrogen) atoms. The fraction of sp³-hybridized carbons (Fsp3) is 0.455. The number of hydrogen-bond acceptors (Lipinski definition) is 5. The zero-order valence-corrected chi connectivity index (χ0v) is 17.5. The van der Waals surface area contributed by atoms with Crippen molar-refractivity contribution in [2.24, 2.45) is 0 Å². The van der Waals surface area contributed by atoms with Gasteiger partial charge in [0.1, 0.15) is 5.82 Å². The lowest BCUT2D eigenvalue weighted by atomic mass is 9.92. The number of aromatic nitrogens is 2. The normalized spacial score (nSPS) is 23.5. The van der Waals surface area contributed by atoms with E-state index >= 15 is 0 Å². The molecular formula is C22H27N5O3. The minimum Gasteiger partial charge on any atom is -0.337 e. The van der Waals surface area contributed by atoms with Crippen molar-refractivity contribution >= 4 is 29.3 Å². The van der Waals surface area contributed by atoms with Crippen molar-refractivity contribution in [1.82, 2.24) is 9.97 Å². The van der Waals surface area contributed by atoms with Crippen molar-refractivity contribution in [2.75, 3.05) is 15.5 Å². The summed E-state index contributed by atoms with van der Waals surface area (Å²) in [6.07, 6.45) is 3.06. The van der Waals surface area contributed by atoms with Gasteiger partial charge in [0.15, 0.2) is 0 Å². The zero-order chi connectivity index (χ0) is 21.4. The molecule has 158 valence electrons. The van der Waals surface area contributed by atoms with Gasteiger partial charge in [-0.3, -0.25) is 19.4 Å². The van der Waals surface area contributed by atoms with E-state index in [1.807, 2.05) is 25.1 Å². The maximum absolute atomic E-state index is 13.0. The molecule has 1 aromatic heterocycles. The lowest BCUT2D eigenvalue weighted by Crippen LogP contribution is -2.46. The molecule has 0 spiro atoms. The van der Waals surface area contributed by atoms with Gasteiger partial charge in [0, 0.05) is 24.2 Å². The van der Waals surface area contributed by atoms with E-state index in [-0.39, 0.29) is 41.4 Å². The number of nitrogens with one attached hydrogen (secondary N) is 3. The van der Waals surface area contributed by atoms with Crippen molar-refractivity contribution < 1.29 is 9.59 Å². The monoisotopic (exact) mass is 409 g/mol. The molecule has 3 atom stereocenters. The number of aryl methyl sites for hydroxylation is 1. The summed E-state index contributed by atoms with van der Waals surface area (Å²) in [4.78, 5) is 47.8. The molecule has 1 saturated heterocycles. The average Bonchev–Trinajstić information content (AvgIpc) is 2.67. The van der Waals surface area contributed by atoms with Gasteiger partial charge < -0.3 is 15.5 Å². The Morgan fingerprint density at radius 3 is 2.63 bits per heavy atom. The van der Waals surface area contributed by atoms with Gasteiger partial charge in [0.25, 0.3) is 5.56 Å². The van der Waals surface area contributed by atoms with Gasteiger partial charge in [-0.05, 0) is 57.7 Å². The quantitative estimate of drug-likeness (QED) is 0.723. The first-order chi connectivity index (χ1) is 14.3. The molecule has 2 aliphatic rings. The average molecular weight is 409 g/mol. The third-order valence-electron chi connectivity index (χ3n) is 5.98. The Labute approximate surface area is 175 Å². The molecule has 8 heteroatoms. The summed E-state index contributed by atoms with van der Waals surface area (Å²) in [6.45, 7) is 6.13. The first-order valence-electron chi connectivity index (χ1n) is 10.4. The maximum atomic E-state index is 13.0. The summed E-state index contributed by atoms with van der Waals surface area (Å²) in [6, 6.07) is 7.85. The topological polar surface area (TPSA) is 107 Å².